The molecule has 1 fully saturated rings. The van der Waals surface area contributed by atoms with E-state index in [0.717, 1.165) is 17.7 Å². The number of carbonyl (C=O) groups is 2. The van der Waals surface area contributed by atoms with Gasteiger partial charge in [0, 0.05) is 57.9 Å². The summed E-state index contributed by atoms with van der Waals surface area (Å²) in [5, 5.41) is 0. The number of rotatable bonds is 12. The molecule has 0 radical (unpaired) electrons. The van der Waals surface area contributed by atoms with Crippen molar-refractivity contribution >= 4 is 17.7 Å². The number of alkyl halides is 9. The summed E-state index contributed by atoms with van der Waals surface area (Å²) in [7, 11) is 1.48. The van der Waals surface area contributed by atoms with Crippen LogP contribution < -0.4 is 9.64 Å². The van der Waals surface area contributed by atoms with Gasteiger partial charge in [-0.2, -0.15) is 39.5 Å². The molecule has 47 heavy (non-hydrogen) atoms. The number of piperazine rings is 1. The molecule has 2 aromatic carbocycles. The summed E-state index contributed by atoms with van der Waals surface area (Å²) in [6, 6.07) is 10.1. The summed E-state index contributed by atoms with van der Waals surface area (Å²) in [4.78, 5) is 28.3. The van der Waals surface area contributed by atoms with Gasteiger partial charge in [-0.1, -0.05) is 18.2 Å². The number of benzene rings is 2. The maximum absolute atomic E-state index is 13.8. The van der Waals surface area contributed by atoms with E-state index in [0.29, 0.717) is 16.2 Å². The van der Waals surface area contributed by atoms with Gasteiger partial charge in [0.05, 0.1) is 19.3 Å². The number of carbonyl (C=O) groups excluding carboxylic acids is 2. The number of esters is 1. The molecule has 8 nitrogen and oxygen atoms in total. The average Bonchev–Trinajstić information content (AvgIpc) is 2.98. The van der Waals surface area contributed by atoms with Crippen LogP contribution in [-0.4, -0.2) is 86.8 Å². The molecular weight excluding hydrogens is 653 g/mol. The summed E-state index contributed by atoms with van der Waals surface area (Å²) < 4.78 is 133. The third kappa shape index (κ3) is 11.1. The summed E-state index contributed by atoms with van der Waals surface area (Å²) in [6.45, 7) is 1.58. The smallest absolute Gasteiger partial charge is 0.434 e. The lowest BCUT2D eigenvalue weighted by atomic mass is 10.0. The number of hydrogen-bond acceptors (Lipinski definition) is 7. The lowest BCUT2D eigenvalue weighted by Gasteiger charge is -2.36. The molecule has 0 aromatic heterocycles. The Morgan fingerprint density at radius 3 is 2.04 bits per heavy atom. The number of methoxy groups -OCH3 is 1. The Morgan fingerprint density at radius 2 is 1.51 bits per heavy atom. The highest BCUT2D eigenvalue weighted by Crippen LogP contribution is 2.37. The predicted octanol–water partition coefficient (Wildman–Crippen LogP) is 6.81. The van der Waals surface area contributed by atoms with E-state index in [1.54, 1.807) is 41.0 Å². The van der Waals surface area contributed by atoms with E-state index >= 15 is 0 Å². The number of anilines is 1. The summed E-state index contributed by atoms with van der Waals surface area (Å²) in [5.41, 5.74) is 0.457. The van der Waals surface area contributed by atoms with Gasteiger partial charge in [0.1, 0.15) is 5.75 Å². The van der Waals surface area contributed by atoms with Gasteiger partial charge < -0.3 is 24.0 Å². The number of hydrogen-bond donors (Lipinski definition) is 0. The van der Waals surface area contributed by atoms with Crippen LogP contribution in [0, 0.1) is 0 Å². The highest BCUT2D eigenvalue weighted by atomic mass is 19.4. The minimum Gasteiger partial charge on any atom is -0.497 e. The lowest BCUT2D eigenvalue weighted by Crippen LogP contribution is -2.52. The van der Waals surface area contributed by atoms with Crippen molar-refractivity contribution in [2.24, 2.45) is 0 Å². The number of ether oxygens (including phenoxy) is 3. The third-order valence-electron chi connectivity index (χ3n) is 7.24. The fraction of sp³-hybridized carbons (Fsp3) is 0.533. The zero-order valence-electron chi connectivity index (χ0n) is 25.5. The van der Waals surface area contributed by atoms with Crippen LogP contribution in [0.2, 0.25) is 0 Å². The fourth-order valence-corrected chi connectivity index (χ4v) is 4.88. The van der Waals surface area contributed by atoms with Crippen molar-refractivity contribution in [1.82, 2.24) is 9.80 Å². The van der Waals surface area contributed by atoms with Gasteiger partial charge in [-0.3, -0.25) is 9.69 Å². The first kappa shape index (κ1) is 37.6. The van der Waals surface area contributed by atoms with Crippen LogP contribution >= 0.6 is 0 Å². The molecular formula is C30H34F9N3O5. The van der Waals surface area contributed by atoms with E-state index in [1.165, 1.54) is 13.2 Å². The minimum absolute atomic E-state index is 0.0143. The SMILES string of the molecule is CCOC(=O)CCCN(Cc1ccc(OC)cc1)c1cc(C(F)(F)F)ccc1CN1CCN(C(=O)OC(C(F)(F)F)C(F)(F)F)CC1. The van der Waals surface area contributed by atoms with Crippen molar-refractivity contribution in [2.75, 3.05) is 51.3 Å². The fourth-order valence-electron chi connectivity index (χ4n) is 4.88. The first-order chi connectivity index (χ1) is 21.9. The van der Waals surface area contributed by atoms with Gasteiger partial charge >= 0.3 is 30.6 Å². The molecule has 2 aromatic rings. The van der Waals surface area contributed by atoms with Gasteiger partial charge in [-0.05, 0) is 48.7 Å². The van der Waals surface area contributed by atoms with Gasteiger partial charge in [-0.25, -0.2) is 4.79 Å². The lowest BCUT2D eigenvalue weighted by molar-refractivity contribution is -0.308. The Bertz CT molecular complexity index is 1310. The molecule has 0 bridgehead atoms. The largest absolute Gasteiger partial charge is 0.497 e. The van der Waals surface area contributed by atoms with E-state index in [4.69, 9.17) is 9.47 Å². The Kier molecular flexibility index (Phi) is 12.6. The van der Waals surface area contributed by atoms with Gasteiger partial charge in [-0.15, -0.1) is 0 Å². The molecule has 0 saturated carbocycles. The van der Waals surface area contributed by atoms with Crippen molar-refractivity contribution in [3.05, 3.63) is 59.2 Å². The second kappa shape index (κ2) is 15.8. The summed E-state index contributed by atoms with van der Waals surface area (Å²) >= 11 is 0. The van der Waals surface area contributed by atoms with Crippen LogP contribution in [0.1, 0.15) is 36.5 Å². The Labute approximate surface area is 264 Å². The van der Waals surface area contributed by atoms with Crippen LogP contribution in [0.3, 0.4) is 0 Å². The molecule has 0 atom stereocenters. The van der Waals surface area contributed by atoms with Crippen LogP contribution in [0.5, 0.6) is 5.75 Å². The molecule has 1 aliphatic rings. The highest BCUT2D eigenvalue weighted by molar-refractivity contribution is 5.69. The number of nitrogens with zero attached hydrogens (tertiary/aromatic N) is 3. The minimum atomic E-state index is -5.86. The Balaban J connectivity index is 1.83. The first-order valence-electron chi connectivity index (χ1n) is 14.5. The normalized spacial score (nSPS) is 14.7. The zero-order valence-corrected chi connectivity index (χ0v) is 25.5. The monoisotopic (exact) mass is 687 g/mol. The van der Waals surface area contributed by atoms with Gasteiger partial charge in [0.15, 0.2) is 0 Å². The predicted molar refractivity (Wildman–Crippen MR) is 151 cm³/mol. The van der Waals surface area contributed by atoms with Crippen molar-refractivity contribution in [3.8, 4) is 5.75 Å². The average molecular weight is 688 g/mol. The molecule has 0 unspecified atom stereocenters. The molecule has 17 heteroatoms. The maximum Gasteiger partial charge on any atom is 0.434 e. The van der Waals surface area contributed by atoms with Crippen LogP contribution in [-0.2, 0) is 33.5 Å². The molecule has 0 spiro atoms. The van der Waals surface area contributed by atoms with Gasteiger partial charge in [0.2, 0.25) is 0 Å². The van der Waals surface area contributed by atoms with E-state index < -0.39 is 42.3 Å². The quantitative estimate of drug-likeness (QED) is 0.179. The molecule has 262 valence electrons. The van der Waals surface area contributed by atoms with Crippen molar-refractivity contribution in [1.29, 1.82) is 0 Å². The van der Waals surface area contributed by atoms with Gasteiger partial charge in [0.25, 0.3) is 6.10 Å². The maximum atomic E-state index is 13.8. The van der Waals surface area contributed by atoms with Crippen molar-refractivity contribution in [3.63, 3.8) is 0 Å². The summed E-state index contributed by atoms with van der Waals surface area (Å²) in [6.07, 6.45) is -22.2. The molecule has 1 saturated heterocycles. The summed E-state index contributed by atoms with van der Waals surface area (Å²) in [5.74, 6) is 0.104. The molecule has 0 N–H and O–H groups in total. The second-order valence-electron chi connectivity index (χ2n) is 10.6. The van der Waals surface area contributed by atoms with Crippen molar-refractivity contribution in [2.45, 2.75) is 57.5 Å². The first-order valence-corrected chi connectivity index (χ1v) is 14.5. The second-order valence-corrected chi connectivity index (χ2v) is 10.6. The standard InChI is InChI=1S/C30H34F9N3O5/c1-3-46-25(43)5-4-12-42(18-20-6-10-23(45-2)11-7-20)24-17-22(28(31,32)33)9-8-21(24)19-40-13-15-41(16-14-40)27(44)47-26(29(34,35)36)30(37,38)39/h6-11,17,26H,3-5,12-16,18-19H2,1-2H3. The molecule has 1 amide bonds. The van der Waals surface area contributed by atoms with Crippen LogP contribution in [0.4, 0.5) is 50.0 Å². The highest BCUT2D eigenvalue weighted by Gasteiger charge is 2.60. The zero-order chi connectivity index (χ0) is 35.0. The van der Waals surface area contributed by atoms with Crippen LogP contribution in [0.25, 0.3) is 0 Å². The van der Waals surface area contributed by atoms with E-state index in [9.17, 15) is 49.1 Å². The molecule has 1 heterocycles. The molecule has 1 aliphatic heterocycles. The Hall–Kier alpha value is -3.89. The van der Waals surface area contributed by atoms with E-state index in [-0.39, 0.29) is 70.9 Å². The molecule has 0 aliphatic carbocycles. The number of amides is 1. The van der Waals surface area contributed by atoms with Crippen molar-refractivity contribution < 1.29 is 63.3 Å². The van der Waals surface area contributed by atoms with E-state index in [1.807, 2.05) is 0 Å². The third-order valence-corrected chi connectivity index (χ3v) is 7.24. The van der Waals surface area contributed by atoms with Crippen LogP contribution in [0.15, 0.2) is 42.5 Å². The molecule has 3 rings (SSSR count). The topological polar surface area (TPSA) is 71.5 Å². The van der Waals surface area contributed by atoms with E-state index in [2.05, 4.69) is 4.74 Å². The Morgan fingerprint density at radius 1 is 0.894 bits per heavy atom. The number of halogens is 9.